The molecule has 1 aromatic heterocycles. The van der Waals surface area contributed by atoms with Gasteiger partial charge >= 0.3 is 0 Å². The molecule has 2 aromatic carbocycles. The number of nitrogens with zero attached hydrogens (tertiary/aromatic N) is 3. The van der Waals surface area contributed by atoms with Crippen molar-refractivity contribution in [2.24, 2.45) is 0 Å². The van der Waals surface area contributed by atoms with E-state index in [9.17, 15) is 4.79 Å². The van der Waals surface area contributed by atoms with E-state index in [0.717, 1.165) is 35.6 Å². The molecule has 2 heterocycles. The van der Waals surface area contributed by atoms with Crippen molar-refractivity contribution in [3.05, 3.63) is 69.8 Å². The first-order chi connectivity index (χ1) is 14.0. The first-order valence-corrected chi connectivity index (χ1v) is 10.2. The van der Waals surface area contributed by atoms with Crippen molar-refractivity contribution < 1.29 is 9.53 Å². The summed E-state index contributed by atoms with van der Waals surface area (Å²) in [6.45, 7) is 5.05. The van der Waals surface area contributed by atoms with Crippen molar-refractivity contribution in [1.29, 1.82) is 0 Å². The predicted octanol–water partition coefficient (Wildman–Crippen LogP) is 4.67. The van der Waals surface area contributed by atoms with Crippen molar-refractivity contribution in [1.82, 2.24) is 14.7 Å². The molecule has 0 radical (unpaired) electrons. The Morgan fingerprint density at radius 3 is 2.45 bits per heavy atom. The maximum Gasteiger partial charge on any atom is 0.197 e. The number of rotatable bonds is 5. The van der Waals surface area contributed by atoms with E-state index in [4.69, 9.17) is 33.0 Å². The van der Waals surface area contributed by atoms with E-state index in [1.807, 2.05) is 55.5 Å². The van der Waals surface area contributed by atoms with E-state index in [1.165, 1.54) is 0 Å². The summed E-state index contributed by atoms with van der Waals surface area (Å²) in [5.74, 6) is -0.00887. The van der Waals surface area contributed by atoms with Gasteiger partial charge in [-0.25, -0.2) is 4.68 Å². The van der Waals surface area contributed by atoms with Crippen LogP contribution in [-0.4, -0.2) is 53.3 Å². The number of hydrogen-bond acceptors (Lipinski definition) is 4. The van der Waals surface area contributed by atoms with Crippen LogP contribution in [0, 0.1) is 6.92 Å². The van der Waals surface area contributed by atoms with E-state index >= 15 is 0 Å². The third kappa shape index (κ3) is 4.23. The van der Waals surface area contributed by atoms with E-state index < -0.39 is 0 Å². The number of ketones is 1. The molecule has 1 fully saturated rings. The molecule has 0 saturated carbocycles. The summed E-state index contributed by atoms with van der Waals surface area (Å²) in [7, 11) is 0. The maximum absolute atomic E-state index is 13.1. The van der Waals surface area contributed by atoms with E-state index in [-0.39, 0.29) is 5.78 Å². The van der Waals surface area contributed by atoms with Crippen LogP contribution >= 0.6 is 23.2 Å². The zero-order chi connectivity index (χ0) is 20.4. The van der Waals surface area contributed by atoms with Crippen LogP contribution in [0.1, 0.15) is 16.1 Å². The number of Topliss-reactive ketones (excluding diaryl/α,β-unsaturated/α-hetero) is 1. The smallest absolute Gasteiger partial charge is 0.197 e. The minimum Gasteiger partial charge on any atom is -0.379 e. The van der Waals surface area contributed by atoms with Gasteiger partial charge in [0.15, 0.2) is 5.78 Å². The van der Waals surface area contributed by atoms with E-state index in [2.05, 4.69) is 4.90 Å². The molecule has 3 aromatic rings. The molecule has 1 saturated heterocycles. The lowest BCUT2D eigenvalue weighted by Gasteiger charge is -2.25. The second kappa shape index (κ2) is 8.67. The molecule has 4 rings (SSSR count). The number of carbonyl (C=O) groups excluding carboxylic acids is 1. The molecule has 29 heavy (non-hydrogen) atoms. The van der Waals surface area contributed by atoms with Gasteiger partial charge in [-0.3, -0.25) is 9.69 Å². The highest BCUT2D eigenvalue weighted by atomic mass is 35.5. The van der Waals surface area contributed by atoms with Gasteiger partial charge < -0.3 is 4.74 Å². The highest BCUT2D eigenvalue weighted by molar-refractivity contribution is 6.32. The fourth-order valence-electron chi connectivity index (χ4n) is 3.54. The normalized spacial score (nSPS) is 14.9. The monoisotopic (exact) mass is 429 g/mol. The number of halogens is 2. The lowest BCUT2D eigenvalue weighted by Crippen LogP contribution is -2.39. The summed E-state index contributed by atoms with van der Waals surface area (Å²) in [6, 6.07) is 15.0. The number of para-hydroxylation sites is 1. The largest absolute Gasteiger partial charge is 0.379 e. The summed E-state index contributed by atoms with van der Waals surface area (Å²) >= 11 is 12.5. The molecule has 0 aliphatic carbocycles. The molecular formula is C22H21Cl2N3O2. The minimum atomic E-state index is -0.00887. The van der Waals surface area contributed by atoms with Gasteiger partial charge in [0.1, 0.15) is 5.69 Å². The molecular weight excluding hydrogens is 409 g/mol. The molecule has 1 aliphatic heterocycles. The lowest BCUT2D eigenvalue weighted by molar-refractivity contribution is 0.0370. The quantitative estimate of drug-likeness (QED) is 0.552. The number of benzene rings is 2. The average Bonchev–Trinajstić information content (AvgIpc) is 3.07. The van der Waals surface area contributed by atoms with E-state index in [1.54, 1.807) is 4.68 Å². The van der Waals surface area contributed by atoms with Crippen LogP contribution in [0.25, 0.3) is 16.9 Å². The number of carbonyl (C=O) groups is 1. The van der Waals surface area contributed by atoms with Crippen molar-refractivity contribution in [3.63, 3.8) is 0 Å². The highest BCUT2D eigenvalue weighted by Gasteiger charge is 2.24. The van der Waals surface area contributed by atoms with Crippen LogP contribution in [0.5, 0.6) is 0 Å². The van der Waals surface area contributed by atoms with Crippen molar-refractivity contribution in [2.45, 2.75) is 6.92 Å². The molecule has 0 amide bonds. The number of morpholine rings is 1. The molecule has 0 bridgehead atoms. The summed E-state index contributed by atoms with van der Waals surface area (Å²) in [5, 5.41) is 5.92. The Morgan fingerprint density at radius 2 is 1.76 bits per heavy atom. The van der Waals surface area contributed by atoms with Crippen LogP contribution in [0.3, 0.4) is 0 Å². The molecule has 0 spiro atoms. The molecule has 150 valence electrons. The molecule has 1 aliphatic rings. The predicted molar refractivity (Wildman–Crippen MR) is 115 cm³/mol. The Balaban J connectivity index is 1.79. The molecule has 7 heteroatoms. The van der Waals surface area contributed by atoms with Crippen LogP contribution in [0.15, 0.2) is 48.5 Å². The van der Waals surface area contributed by atoms with Crippen molar-refractivity contribution >= 4 is 29.0 Å². The van der Waals surface area contributed by atoms with Gasteiger partial charge in [0, 0.05) is 29.2 Å². The third-order valence-corrected chi connectivity index (χ3v) is 5.63. The Bertz CT molecular complexity index is 1030. The summed E-state index contributed by atoms with van der Waals surface area (Å²) in [6.07, 6.45) is 0. The summed E-state index contributed by atoms with van der Waals surface area (Å²) < 4.78 is 7.13. The number of aromatic nitrogens is 2. The van der Waals surface area contributed by atoms with Crippen LogP contribution in [-0.2, 0) is 4.74 Å². The fourth-order valence-corrected chi connectivity index (χ4v) is 3.88. The Hall–Kier alpha value is -2.18. The van der Waals surface area contributed by atoms with Crippen molar-refractivity contribution in [3.8, 4) is 16.9 Å². The van der Waals surface area contributed by atoms with Gasteiger partial charge in [0.2, 0.25) is 0 Å². The highest BCUT2D eigenvalue weighted by Crippen LogP contribution is 2.32. The van der Waals surface area contributed by atoms with Crippen LogP contribution in [0.2, 0.25) is 10.0 Å². The van der Waals surface area contributed by atoms with Gasteiger partial charge in [-0.2, -0.15) is 5.10 Å². The van der Waals surface area contributed by atoms with E-state index in [0.29, 0.717) is 35.5 Å². The van der Waals surface area contributed by atoms with Gasteiger partial charge in [0.05, 0.1) is 36.2 Å². The Labute approximate surface area is 179 Å². The lowest BCUT2D eigenvalue weighted by atomic mass is 10.0. The first kappa shape index (κ1) is 20.1. The topological polar surface area (TPSA) is 47.4 Å². The first-order valence-electron chi connectivity index (χ1n) is 9.48. The van der Waals surface area contributed by atoms with Crippen LogP contribution in [0.4, 0.5) is 0 Å². The molecule has 0 atom stereocenters. The second-order valence-electron chi connectivity index (χ2n) is 7.00. The summed E-state index contributed by atoms with van der Waals surface area (Å²) in [4.78, 5) is 15.2. The number of ether oxygens (including phenoxy) is 1. The standard InChI is InChI=1S/C22H21Cl2N3O2/c1-15-21(20(28)14-26-10-12-29-13-11-26)25-27(19-5-3-2-4-18(19)24)22(15)16-6-8-17(23)9-7-16/h2-9H,10-14H2,1H3. The second-order valence-corrected chi connectivity index (χ2v) is 7.85. The molecule has 5 nitrogen and oxygen atoms in total. The fraction of sp³-hybridized carbons (Fsp3) is 0.273. The Kier molecular flexibility index (Phi) is 6.01. The Morgan fingerprint density at radius 1 is 1.07 bits per heavy atom. The van der Waals surface area contributed by atoms with Crippen LogP contribution < -0.4 is 0 Å². The molecule has 0 unspecified atom stereocenters. The third-order valence-electron chi connectivity index (χ3n) is 5.06. The van der Waals surface area contributed by atoms with Gasteiger partial charge in [-0.05, 0) is 31.2 Å². The number of hydrogen-bond donors (Lipinski definition) is 0. The van der Waals surface area contributed by atoms with Gasteiger partial charge in [-0.15, -0.1) is 0 Å². The minimum absolute atomic E-state index is 0.00887. The average molecular weight is 430 g/mol. The zero-order valence-electron chi connectivity index (χ0n) is 16.1. The van der Waals surface area contributed by atoms with Gasteiger partial charge in [-0.1, -0.05) is 47.5 Å². The summed E-state index contributed by atoms with van der Waals surface area (Å²) in [5.41, 5.74) is 3.77. The van der Waals surface area contributed by atoms with Gasteiger partial charge in [0.25, 0.3) is 0 Å². The maximum atomic E-state index is 13.1. The SMILES string of the molecule is Cc1c(C(=O)CN2CCOCC2)nn(-c2ccccc2Cl)c1-c1ccc(Cl)cc1. The molecule has 0 N–H and O–H groups in total. The van der Waals surface area contributed by atoms with Crippen molar-refractivity contribution in [2.75, 3.05) is 32.8 Å². The zero-order valence-corrected chi connectivity index (χ0v) is 17.6.